The van der Waals surface area contributed by atoms with E-state index in [1.807, 2.05) is 60.7 Å². The van der Waals surface area contributed by atoms with Gasteiger partial charge in [-0.2, -0.15) is 0 Å². The van der Waals surface area contributed by atoms with Crippen LogP contribution in [0, 0.1) is 5.92 Å². The summed E-state index contributed by atoms with van der Waals surface area (Å²) in [4.78, 5) is 25.3. The van der Waals surface area contributed by atoms with E-state index in [1.54, 1.807) is 0 Å². The summed E-state index contributed by atoms with van der Waals surface area (Å²) >= 11 is 0. The molecule has 0 saturated carbocycles. The normalized spacial score (nSPS) is 19.9. The lowest BCUT2D eigenvalue weighted by Crippen LogP contribution is -2.44. The number of nitrogens with zero attached hydrogens (tertiary/aromatic N) is 1. The minimum absolute atomic E-state index is 0.00889. The van der Waals surface area contributed by atoms with Gasteiger partial charge in [-0.25, -0.2) is 0 Å². The number of rotatable bonds is 14. The van der Waals surface area contributed by atoms with Crippen molar-refractivity contribution < 1.29 is 29.3 Å². The highest BCUT2D eigenvalue weighted by Gasteiger charge is 2.39. The molecule has 0 radical (unpaired) electrons. The van der Waals surface area contributed by atoms with Gasteiger partial charge in [-0.15, -0.1) is 0 Å². The van der Waals surface area contributed by atoms with E-state index in [-0.39, 0.29) is 49.5 Å². The molecule has 1 heterocycles. The Bertz CT molecular complexity index is 1640. The zero-order valence-corrected chi connectivity index (χ0v) is 27.9. The second kappa shape index (κ2) is 16.7. The predicted octanol–water partition coefficient (Wildman–Crippen LogP) is 7.20. The molecule has 4 aromatic rings. The van der Waals surface area contributed by atoms with Gasteiger partial charge in [-0.05, 0) is 65.9 Å². The molecule has 1 aliphatic heterocycles. The van der Waals surface area contributed by atoms with E-state index in [0.29, 0.717) is 19.5 Å². The first kappa shape index (κ1) is 35.0. The molecule has 0 bridgehead atoms. The number of hydrogen-bond donors (Lipinski definition) is 3. The van der Waals surface area contributed by atoms with E-state index >= 15 is 0 Å². The van der Waals surface area contributed by atoms with Gasteiger partial charge in [0, 0.05) is 43.5 Å². The third kappa shape index (κ3) is 9.17. The molecule has 5 atom stereocenters. The van der Waals surface area contributed by atoms with Crippen molar-refractivity contribution in [3.05, 3.63) is 131 Å². The quantitative estimate of drug-likeness (QED) is 0.132. The smallest absolute Gasteiger partial charge is 0.303 e. The number of aliphatic hydroxyl groups excluding tert-OH is 1. The fraction of sp³-hybridized carbons (Fsp3) is 0.350. The van der Waals surface area contributed by atoms with Crippen LogP contribution in [0.15, 0.2) is 103 Å². The van der Waals surface area contributed by atoms with Crippen LogP contribution in [-0.4, -0.2) is 46.7 Å². The van der Waals surface area contributed by atoms with Crippen LogP contribution in [0.3, 0.4) is 0 Å². The zero-order chi connectivity index (χ0) is 34.0. The molecule has 1 amide bonds. The minimum Gasteiger partial charge on any atom is -0.481 e. The highest BCUT2D eigenvalue weighted by molar-refractivity contribution is 5.76. The Hall–Kier alpha value is -4.34. The summed E-state index contributed by atoms with van der Waals surface area (Å²) in [7, 11) is 2.13. The van der Waals surface area contributed by atoms with Crippen LogP contribution in [0.25, 0.3) is 11.1 Å². The van der Waals surface area contributed by atoms with E-state index in [2.05, 4.69) is 73.6 Å². The second-order valence-corrected chi connectivity index (χ2v) is 12.7. The number of likely N-dealkylation sites (N-methyl/N-ethyl adjacent to an activating group) is 1. The summed E-state index contributed by atoms with van der Waals surface area (Å²) in [5.41, 5.74) is 7.02. The number of ether oxygens (including phenoxy) is 2. The van der Waals surface area contributed by atoms with Gasteiger partial charge < -0.3 is 25.0 Å². The van der Waals surface area contributed by atoms with E-state index < -0.39 is 12.3 Å². The zero-order valence-electron chi connectivity index (χ0n) is 27.9. The van der Waals surface area contributed by atoms with Crippen LogP contribution < -0.4 is 5.32 Å². The first-order valence-corrected chi connectivity index (χ1v) is 16.7. The van der Waals surface area contributed by atoms with Crippen molar-refractivity contribution >= 4 is 11.9 Å². The topological polar surface area (TPSA) is 108 Å². The van der Waals surface area contributed by atoms with Crippen LogP contribution >= 0.6 is 0 Å². The first-order valence-electron chi connectivity index (χ1n) is 16.7. The molecule has 252 valence electrons. The molecule has 0 spiro atoms. The lowest BCUT2D eigenvalue weighted by molar-refractivity contribution is -0.276. The molecule has 8 heteroatoms. The maximum atomic E-state index is 12.2. The lowest BCUT2D eigenvalue weighted by Gasteiger charge is -2.43. The largest absolute Gasteiger partial charge is 0.481 e. The average Bonchev–Trinajstić information content (AvgIpc) is 3.11. The van der Waals surface area contributed by atoms with Crippen molar-refractivity contribution in [1.82, 2.24) is 10.2 Å². The molecule has 4 aromatic carbocycles. The van der Waals surface area contributed by atoms with Gasteiger partial charge in [0.15, 0.2) is 6.29 Å². The number of aliphatic carboxylic acids is 1. The van der Waals surface area contributed by atoms with Gasteiger partial charge in [0.25, 0.3) is 0 Å². The number of benzene rings is 4. The Balaban J connectivity index is 1.35. The molecule has 1 aliphatic rings. The number of aliphatic hydroxyl groups is 1. The maximum absolute atomic E-state index is 12.2. The maximum Gasteiger partial charge on any atom is 0.303 e. The van der Waals surface area contributed by atoms with Gasteiger partial charge in [-0.1, -0.05) is 97.9 Å². The van der Waals surface area contributed by atoms with E-state index in [1.165, 1.54) is 5.56 Å². The predicted molar refractivity (Wildman–Crippen MR) is 186 cm³/mol. The van der Waals surface area contributed by atoms with Crippen LogP contribution in [0.2, 0.25) is 0 Å². The van der Waals surface area contributed by atoms with Crippen molar-refractivity contribution in [3.63, 3.8) is 0 Å². The third-order valence-corrected chi connectivity index (χ3v) is 9.24. The number of carbonyl (C=O) groups excluding carboxylic acids is 1. The summed E-state index contributed by atoms with van der Waals surface area (Å²) in [5.74, 6) is -1.00. The lowest BCUT2D eigenvalue weighted by atomic mass is 9.89. The summed E-state index contributed by atoms with van der Waals surface area (Å²) in [5, 5.41) is 21.3. The van der Waals surface area contributed by atoms with Gasteiger partial charge in [0.2, 0.25) is 5.91 Å². The second-order valence-electron chi connectivity index (χ2n) is 12.7. The Morgan fingerprint density at radius 3 is 2.25 bits per heavy atom. The summed E-state index contributed by atoms with van der Waals surface area (Å²) < 4.78 is 13.5. The molecule has 1 saturated heterocycles. The molecular formula is C40H46N2O6. The standard InChI is InChI=1S/C40H46N2O6/c1-27-36(25-42(3)28(2)31-11-5-4-6-12-31)47-40(48-39(27)32-20-18-29(26-43)19-21-32)35-15-8-14-34(23-35)33-13-7-10-30(22-33)24-41-37(44)16-9-17-38(45)46/h4-8,10-15,18-23,27-28,36,39-40,43H,9,16-17,24-26H2,1-3H3,(H,41,44)(H,45,46)/t27-,28-,36+,39+,40+/m0/s1. The van der Waals surface area contributed by atoms with Gasteiger partial charge in [-0.3, -0.25) is 14.5 Å². The van der Waals surface area contributed by atoms with Crippen molar-refractivity contribution in [2.45, 2.75) is 70.8 Å². The molecule has 0 aromatic heterocycles. The molecule has 3 N–H and O–H groups in total. The van der Waals surface area contributed by atoms with Crippen molar-refractivity contribution in [3.8, 4) is 11.1 Å². The first-order chi connectivity index (χ1) is 23.2. The van der Waals surface area contributed by atoms with Crippen molar-refractivity contribution in [2.75, 3.05) is 13.6 Å². The number of amides is 1. The molecule has 48 heavy (non-hydrogen) atoms. The number of carboxylic acid groups (broad SMARTS) is 1. The average molecular weight is 651 g/mol. The molecule has 0 unspecified atom stereocenters. The Kier molecular flexibility index (Phi) is 12.1. The molecule has 1 fully saturated rings. The monoisotopic (exact) mass is 650 g/mol. The Morgan fingerprint density at radius 1 is 0.833 bits per heavy atom. The fourth-order valence-corrected chi connectivity index (χ4v) is 6.17. The third-order valence-electron chi connectivity index (χ3n) is 9.24. The van der Waals surface area contributed by atoms with E-state index in [4.69, 9.17) is 14.6 Å². The Morgan fingerprint density at radius 2 is 1.54 bits per heavy atom. The van der Waals surface area contributed by atoms with Crippen LogP contribution in [0.4, 0.5) is 0 Å². The minimum atomic E-state index is -0.899. The number of hydrogen-bond acceptors (Lipinski definition) is 6. The highest BCUT2D eigenvalue weighted by atomic mass is 16.7. The Labute approximate surface area is 283 Å². The molecule has 8 nitrogen and oxygen atoms in total. The number of carboxylic acids is 1. The molecule has 5 rings (SSSR count). The SMILES string of the molecule is C[C@H]1[C@@H](CN(C)[C@@H](C)c2ccccc2)O[C@@H](c2cccc(-c3cccc(CNC(=O)CCCC(=O)O)c3)c2)O[C@H]1c1ccc(CO)cc1. The van der Waals surface area contributed by atoms with Gasteiger partial charge >= 0.3 is 5.97 Å². The van der Waals surface area contributed by atoms with Crippen LogP contribution in [0.1, 0.15) is 79.4 Å². The number of nitrogens with one attached hydrogen (secondary N) is 1. The molecule has 0 aliphatic carbocycles. The van der Waals surface area contributed by atoms with E-state index in [9.17, 15) is 14.7 Å². The highest BCUT2D eigenvalue weighted by Crippen LogP contribution is 2.42. The van der Waals surface area contributed by atoms with Crippen LogP contribution in [-0.2, 0) is 32.2 Å². The summed E-state index contributed by atoms with van der Waals surface area (Å²) in [6, 6.07) is 34.9. The van der Waals surface area contributed by atoms with Crippen LogP contribution in [0.5, 0.6) is 0 Å². The summed E-state index contributed by atoms with van der Waals surface area (Å²) in [6.07, 6.45) is -0.449. The van der Waals surface area contributed by atoms with Gasteiger partial charge in [0.05, 0.1) is 18.8 Å². The molecular weight excluding hydrogens is 604 g/mol. The fourth-order valence-electron chi connectivity index (χ4n) is 6.17. The van der Waals surface area contributed by atoms with Crippen molar-refractivity contribution in [2.24, 2.45) is 5.92 Å². The number of carbonyl (C=O) groups is 2. The summed E-state index contributed by atoms with van der Waals surface area (Å²) in [6.45, 7) is 5.46. The van der Waals surface area contributed by atoms with Crippen molar-refractivity contribution in [1.29, 1.82) is 0 Å². The van der Waals surface area contributed by atoms with E-state index in [0.717, 1.165) is 33.4 Å². The van der Waals surface area contributed by atoms with Gasteiger partial charge in [0.1, 0.15) is 0 Å².